The van der Waals surface area contributed by atoms with Crippen LogP contribution in [0, 0.1) is 6.92 Å². The van der Waals surface area contributed by atoms with Gasteiger partial charge in [-0.2, -0.15) is 0 Å². The molecule has 3 aromatic rings. The van der Waals surface area contributed by atoms with E-state index in [9.17, 15) is 9.90 Å². The molecule has 1 N–H and O–H groups in total. The zero-order valence-electron chi connectivity index (χ0n) is 11.5. The Kier molecular flexibility index (Phi) is 3.66. The van der Waals surface area contributed by atoms with Gasteiger partial charge in [0.05, 0.1) is 5.69 Å². The third-order valence-electron chi connectivity index (χ3n) is 3.16. The summed E-state index contributed by atoms with van der Waals surface area (Å²) in [6.07, 6.45) is 1.73. The van der Waals surface area contributed by atoms with Crippen molar-refractivity contribution in [2.45, 2.75) is 17.6 Å². The van der Waals surface area contributed by atoms with E-state index >= 15 is 0 Å². The average molecular weight is 298 g/mol. The molecular weight excluding hydrogens is 284 g/mol. The number of hydrogen-bond acceptors (Lipinski definition) is 4. The van der Waals surface area contributed by atoms with Crippen LogP contribution in [-0.2, 0) is 5.75 Å². The van der Waals surface area contributed by atoms with Crippen LogP contribution < -0.4 is 5.56 Å². The van der Waals surface area contributed by atoms with Crippen LogP contribution in [0.25, 0.3) is 5.65 Å². The van der Waals surface area contributed by atoms with Crippen LogP contribution in [0.4, 0.5) is 0 Å². The molecule has 106 valence electrons. The zero-order valence-corrected chi connectivity index (χ0v) is 12.3. The van der Waals surface area contributed by atoms with Gasteiger partial charge in [0.1, 0.15) is 11.4 Å². The van der Waals surface area contributed by atoms with E-state index in [0.29, 0.717) is 11.4 Å². The van der Waals surface area contributed by atoms with Crippen LogP contribution in [0.1, 0.15) is 11.3 Å². The Bertz CT molecular complexity index is 841. The summed E-state index contributed by atoms with van der Waals surface area (Å²) in [5.41, 5.74) is 2.37. The Morgan fingerprint density at radius 3 is 2.76 bits per heavy atom. The number of nitrogens with zero attached hydrogens (tertiary/aromatic N) is 2. The fourth-order valence-electron chi connectivity index (χ4n) is 2.08. The van der Waals surface area contributed by atoms with E-state index in [1.807, 2.05) is 31.2 Å². The second-order valence-corrected chi connectivity index (χ2v) is 5.80. The largest absolute Gasteiger partial charge is 0.508 e. The average Bonchev–Trinajstić information content (AvgIpc) is 2.48. The molecule has 1 aromatic carbocycles. The van der Waals surface area contributed by atoms with E-state index in [1.165, 1.54) is 0 Å². The molecule has 0 saturated heterocycles. The molecule has 0 radical (unpaired) electrons. The molecule has 0 aliphatic rings. The number of hydrogen-bond donors (Lipinski definition) is 1. The van der Waals surface area contributed by atoms with Gasteiger partial charge in [-0.3, -0.25) is 9.20 Å². The number of phenols is 1. The van der Waals surface area contributed by atoms with Crippen molar-refractivity contribution in [3.8, 4) is 5.75 Å². The van der Waals surface area contributed by atoms with Crippen molar-refractivity contribution in [2.75, 3.05) is 0 Å². The molecule has 0 amide bonds. The predicted molar refractivity (Wildman–Crippen MR) is 83.9 cm³/mol. The van der Waals surface area contributed by atoms with Gasteiger partial charge in [0.15, 0.2) is 0 Å². The highest BCUT2D eigenvalue weighted by atomic mass is 32.2. The molecule has 4 nitrogen and oxygen atoms in total. The van der Waals surface area contributed by atoms with E-state index in [1.54, 1.807) is 40.6 Å². The second kappa shape index (κ2) is 5.61. The highest BCUT2D eigenvalue weighted by molar-refractivity contribution is 7.98. The summed E-state index contributed by atoms with van der Waals surface area (Å²) < 4.78 is 1.56. The Morgan fingerprint density at radius 1 is 1.24 bits per heavy atom. The number of thioether (sulfide) groups is 1. The van der Waals surface area contributed by atoms with E-state index in [2.05, 4.69) is 4.98 Å². The fourth-order valence-corrected chi connectivity index (χ4v) is 2.87. The molecule has 21 heavy (non-hydrogen) atoms. The van der Waals surface area contributed by atoms with Gasteiger partial charge in [0.2, 0.25) is 0 Å². The smallest absolute Gasteiger partial charge is 0.258 e. The van der Waals surface area contributed by atoms with Gasteiger partial charge in [-0.15, -0.1) is 11.8 Å². The minimum absolute atomic E-state index is 0.0648. The molecule has 0 atom stereocenters. The highest BCUT2D eigenvalue weighted by Crippen LogP contribution is 2.23. The first-order valence-electron chi connectivity index (χ1n) is 6.53. The number of aromatic nitrogens is 2. The maximum atomic E-state index is 12.1. The molecule has 0 aliphatic heterocycles. The number of fused-ring (bicyclic) bond motifs is 1. The monoisotopic (exact) mass is 298 g/mol. The molecule has 0 bridgehead atoms. The van der Waals surface area contributed by atoms with Crippen LogP contribution in [0.3, 0.4) is 0 Å². The number of pyridine rings is 1. The fraction of sp³-hybridized carbons (Fsp3) is 0.125. The lowest BCUT2D eigenvalue weighted by molar-refractivity contribution is 0.475. The summed E-state index contributed by atoms with van der Waals surface area (Å²) in [5, 5.41) is 9.26. The van der Waals surface area contributed by atoms with Gasteiger partial charge in [-0.1, -0.05) is 6.07 Å². The van der Waals surface area contributed by atoms with Crippen molar-refractivity contribution in [1.82, 2.24) is 9.38 Å². The molecule has 5 heteroatoms. The van der Waals surface area contributed by atoms with E-state index in [0.717, 1.165) is 16.2 Å². The minimum atomic E-state index is -0.0648. The quantitative estimate of drug-likeness (QED) is 0.755. The molecule has 2 heterocycles. The molecule has 0 aliphatic carbocycles. The summed E-state index contributed by atoms with van der Waals surface area (Å²) in [6, 6.07) is 12.3. The summed E-state index contributed by atoms with van der Waals surface area (Å²) >= 11 is 1.58. The van der Waals surface area contributed by atoms with Gasteiger partial charge in [-0.25, -0.2) is 4.98 Å². The summed E-state index contributed by atoms with van der Waals surface area (Å²) in [6.45, 7) is 1.94. The van der Waals surface area contributed by atoms with E-state index < -0.39 is 0 Å². The predicted octanol–water partition coefficient (Wildman–Crippen LogP) is 3.00. The van der Waals surface area contributed by atoms with Crippen molar-refractivity contribution in [3.05, 3.63) is 70.3 Å². The Labute approximate surface area is 126 Å². The van der Waals surface area contributed by atoms with Crippen LogP contribution in [-0.4, -0.2) is 14.5 Å². The number of benzene rings is 1. The lowest BCUT2D eigenvalue weighted by Gasteiger charge is -2.06. The van der Waals surface area contributed by atoms with Crippen molar-refractivity contribution >= 4 is 17.4 Å². The first-order chi connectivity index (χ1) is 10.1. The third-order valence-corrected chi connectivity index (χ3v) is 4.21. The number of phenolic OH excluding ortho intramolecular Hbond substituents is 1. The van der Waals surface area contributed by atoms with Crippen molar-refractivity contribution < 1.29 is 5.11 Å². The third kappa shape index (κ3) is 2.92. The maximum Gasteiger partial charge on any atom is 0.258 e. The lowest BCUT2D eigenvalue weighted by atomic mass is 10.3. The standard InChI is InChI=1S/C16H14N2O2S/c1-11-3-2-8-18-15(20)9-12(17-16(11)18)10-21-14-6-4-13(19)5-7-14/h2-9,19H,10H2,1H3. The summed E-state index contributed by atoms with van der Waals surface area (Å²) in [5.74, 6) is 0.863. The first-order valence-corrected chi connectivity index (χ1v) is 7.52. The van der Waals surface area contributed by atoms with Crippen molar-refractivity contribution in [1.29, 1.82) is 0 Å². The summed E-state index contributed by atoms with van der Waals surface area (Å²) in [4.78, 5) is 17.7. The van der Waals surface area contributed by atoms with Gasteiger partial charge in [-0.05, 0) is 42.8 Å². The number of aryl methyl sites for hydroxylation is 1. The van der Waals surface area contributed by atoms with Crippen LogP contribution >= 0.6 is 11.8 Å². The Hall–Kier alpha value is -2.27. The molecule has 0 spiro atoms. The Balaban J connectivity index is 1.89. The van der Waals surface area contributed by atoms with Crippen molar-refractivity contribution in [2.24, 2.45) is 0 Å². The van der Waals surface area contributed by atoms with Gasteiger partial charge in [0.25, 0.3) is 5.56 Å². The normalized spacial score (nSPS) is 10.9. The lowest BCUT2D eigenvalue weighted by Crippen LogP contribution is -2.15. The van der Waals surface area contributed by atoms with E-state index in [-0.39, 0.29) is 11.3 Å². The SMILES string of the molecule is Cc1cccn2c(=O)cc(CSc3ccc(O)cc3)nc12. The van der Waals surface area contributed by atoms with Gasteiger partial charge < -0.3 is 5.11 Å². The zero-order chi connectivity index (χ0) is 14.8. The number of aromatic hydroxyl groups is 1. The minimum Gasteiger partial charge on any atom is -0.508 e. The summed E-state index contributed by atoms with van der Waals surface area (Å²) in [7, 11) is 0. The molecule has 0 unspecified atom stereocenters. The van der Waals surface area contributed by atoms with E-state index in [4.69, 9.17) is 0 Å². The highest BCUT2D eigenvalue weighted by Gasteiger charge is 2.05. The molecular formula is C16H14N2O2S. The molecule has 0 fully saturated rings. The Morgan fingerprint density at radius 2 is 2.00 bits per heavy atom. The van der Waals surface area contributed by atoms with Gasteiger partial charge >= 0.3 is 0 Å². The van der Waals surface area contributed by atoms with Crippen LogP contribution in [0.15, 0.2) is 58.4 Å². The second-order valence-electron chi connectivity index (χ2n) is 4.75. The first kappa shape index (κ1) is 13.7. The topological polar surface area (TPSA) is 54.6 Å². The number of rotatable bonds is 3. The van der Waals surface area contributed by atoms with Crippen molar-refractivity contribution in [3.63, 3.8) is 0 Å². The molecule has 2 aromatic heterocycles. The molecule has 0 saturated carbocycles. The van der Waals surface area contributed by atoms with Crippen LogP contribution in [0.5, 0.6) is 5.75 Å². The molecule has 3 rings (SSSR count). The van der Waals surface area contributed by atoms with Crippen LogP contribution in [0.2, 0.25) is 0 Å². The van der Waals surface area contributed by atoms with Gasteiger partial charge in [0, 0.05) is 22.9 Å². The maximum absolute atomic E-state index is 12.1.